The first-order valence-corrected chi connectivity index (χ1v) is 10.6. The van der Waals surface area contributed by atoms with Gasteiger partial charge in [-0.05, 0) is 43.2 Å². The van der Waals surface area contributed by atoms with Crippen LogP contribution in [0.25, 0.3) is 0 Å². The van der Waals surface area contributed by atoms with Crippen LogP contribution in [0.5, 0.6) is 5.75 Å². The van der Waals surface area contributed by atoms with Gasteiger partial charge in [0.15, 0.2) is 5.96 Å². The quantitative estimate of drug-likeness (QED) is 0.289. The Bertz CT molecular complexity index is 837. The van der Waals surface area contributed by atoms with Crippen molar-refractivity contribution >= 4 is 17.6 Å². The number of carbonyl (C=O) groups excluding carboxylic acids is 1. The normalized spacial score (nSPS) is 12.2. The summed E-state index contributed by atoms with van der Waals surface area (Å²) < 4.78 is 10.8. The van der Waals surface area contributed by atoms with Crippen LogP contribution in [0, 0.1) is 0 Å². The van der Waals surface area contributed by atoms with E-state index in [4.69, 9.17) is 9.47 Å². The fraction of sp³-hybridized carbons (Fsp3) is 0.417. The Morgan fingerprint density at radius 1 is 1.13 bits per heavy atom. The highest BCUT2D eigenvalue weighted by molar-refractivity contribution is 5.94. The van der Waals surface area contributed by atoms with Gasteiger partial charge in [0.2, 0.25) is 0 Å². The van der Waals surface area contributed by atoms with Crippen molar-refractivity contribution in [3.05, 3.63) is 59.7 Å². The van der Waals surface area contributed by atoms with E-state index in [-0.39, 0.29) is 11.9 Å². The Labute approximate surface area is 185 Å². The molecule has 1 unspecified atom stereocenters. The van der Waals surface area contributed by atoms with Crippen LogP contribution in [0.4, 0.5) is 5.69 Å². The lowest BCUT2D eigenvalue weighted by molar-refractivity contribution is 0.0939. The molecule has 0 fully saturated rings. The number of hydrogen-bond acceptors (Lipinski definition) is 4. The van der Waals surface area contributed by atoms with Crippen molar-refractivity contribution in [2.75, 3.05) is 32.7 Å². The fourth-order valence-electron chi connectivity index (χ4n) is 2.74. The molecule has 3 N–H and O–H groups in total. The van der Waals surface area contributed by atoms with Crippen LogP contribution in [-0.4, -0.2) is 45.3 Å². The van der Waals surface area contributed by atoms with Crippen molar-refractivity contribution in [2.24, 2.45) is 4.99 Å². The molecule has 31 heavy (non-hydrogen) atoms. The van der Waals surface area contributed by atoms with Crippen molar-refractivity contribution in [3.63, 3.8) is 0 Å². The minimum absolute atomic E-state index is 0.0457. The van der Waals surface area contributed by atoms with E-state index in [0.717, 1.165) is 29.8 Å². The number of ether oxygens (including phenoxy) is 2. The molecule has 2 aromatic rings. The van der Waals surface area contributed by atoms with Crippen molar-refractivity contribution in [3.8, 4) is 5.75 Å². The van der Waals surface area contributed by atoms with Crippen LogP contribution in [0.1, 0.15) is 42.6 Å². The zero-order valence-corrected chi connectivity index (χ0v) is 18.9. The summed E-state index contributed by atoms with van der Waals surface area (Å²) in [5.74, 6) is 1.40. The molecule has 1 amide bonds. The Morgan fingerprint density at radius 2 is 1.90 bits per heavy atom. The summed E-state index contributed by atoms with van der Waals surface area (Å²) in [5.41, 5.74) is 2.60. The molecule has 7 heteroatoms. The highest BCUT2D eigenvalue weighted by Crippen LogP contribution is 2.17. The van der Waals surface area contributed by atoms with E-state index >= 15 is 0 Å². The Morgan fingerprint density at radius 3 is 2.58 bits per heavy atom. The number of benzene rings is 2. The van der Waals surface area contributed by atoms with E-state index < -0.39 is 0 Å². The average Bonchev–Trinajstić information content (AvgIpc) is 2.80. The summed E-state index contributed by atoms with van der Waals surface area (Å²) >= 11 is 0. The smallest absolute Gasteiger partial charge is 0.251 e. The molecule has 0 aliphatic heterocycles. The van der Waals surface area contributed by atoms with E-state index in [1.165, 1.54) is 0 Å². The van der Waals surface area contributed by atoms with Gasteiger partial charge in [-0.1, -0.05) is 25.1 Å². The predicted molar refractivity (Wildman–Crippen MR) is 126 cm³/mol. The highest BCUT2D eigenvalue weighted by Gasteiger charge is 2.08. The third-order valence-corrected chi connectivity index (χ3v) is 4.75. The summed E-state index contributed by atoms with van der Waals surface area (Å²) in [6.45, 7) is 5.92. The molecule has 0 heterocycles. The zero-order chi connectivity index (χ0) is 22.5. The van der Waals surface area contributed by atoms with Gasteiger partial charge in [0.1, 0.15) is 5.75 Å². The molecule has 0 spiro atoms. The summed E-state index contributed by atoms with van der Waals surface area (Å²) in [5, 5.41) is 9.53. The molecule has 0 aliphatic carbocycles. The van der Waals surface area contributed by atoms with Crippen molar-refractivity contribution < 1.29 is 14.3 Å². The molecule has 0 bridgehead atoms. The molecule has 1 atom stereocenters. The van der Waals surface area contributed by atoms with Gasteiger partial charge in [0.05, 0.1) is 6.61 Å². The number of nitrogens with zero attached hydrogens (tertiary/aromatic N) is 1. The Hall–Kier alpha value is -3.06. The minimum Gasteiger partial charge on any atom is -0.493 e. The lowest BCUT2D eigenvalue weighted by atomic mass is 10.1. The van der Waals surface area contributed by atoms with E-state index in [9.17, 15) is 4.79 Å². The zero-order valence-electron chi connectivity index (χ0n) is 18.9. The van der Waals surface area contributed by atoms with Gasteiger partial charge in [-0.2, -0.15) is 0 Å². The van der Waals surface area contributed by atoms with E-state index in [2.05, 4.69) is 20.9 Å². The number of rotatable bonds is 11. The number of guanidine groups is 1. The first-order valence-electron chi connectivity index (χ1n) is 10.6. The van der Waals surface area contributed by atoms with Crippen LogP contribution in [0.3, 0.4) is 0 Å². The molecule has 2 aromatic carbocycles. The standard InChI is InChI=1S/C24H34N4O3/c1-5-18(2)27-23(29)20-12-10-19(11-13-20)17-26-24(25-3)28-21-8-6-9-22(16-21)31-15-7-14-30-4/h6,8-13,16,18H,5,7,14-15,17H2,1-4H3,(H,27,29)(H2,25,26,28). The highest BCUT2D eigenvalue weighted by atomic mass is 16.5. The van der Waals surface area contributed by atoms with Crippen LogP contribution in [0.15, 0.2) is 53.5 Å². The SMILES string of the molecule is CCC(C)NC(=O)c1ccc(CNC(=NC)Nc2cccc(OCCCOC)c2)cc1. The van der Waals surface area contributed by atoms with Gasteiger partial charge >= 0.3 is 0 Å². The number of hydrogen-bond donors (Lipinski definition) is 3. The van der Waals surface area contributed by atoms with Crippen LogP contribution in [0.2, 0.25) is 0 Å². The van der Waals surface area contributed by atoms with Gasteiger partial charge in [0, 0.05) is 57.1 Å². The molecular weight excluding hydrogens is 392 g/mol. The Balaban J connectivity index is 1.86. The molecule has 7 nitrogen and oxygen atoms in total. The van der Waals surface area contributed by atoms with Gasteiger partial charge in [-0.25, -0.2) is 0 Å². The lowest BCUT2D eigenvalue weighted by Crippen LogP contribution is -2.32. The van der Waals surface area contributed by atoms with Crippen molar-refractivity contribution in [1.29, 1.82) is 0 Å². The molecule has 0 aromatic heterocycles. The summed E-state index contributed by atoms with van der Waals surface area (Å²) in [4.78, 5) is 16.5. The fourth-order valence-corrected chi connectivity index (χ4v) is 2.74. The number of anilines is 1. The average molecular weight is 427 g/mol. The molecule has 0 aliphatic rings. The molecule has 168 valence electrons. The van der Waals surface area contributed by atoms with E-state index in [0.29, 0.717) is 31.3 Å². The number of aliphatic imine (C=N–C) groups is 1. The third kappa shape index (κ3) is 8.68. The minimum atomic E-state index is -0.0457. The second-order valence-electron chi connectivity index (χ2n) is 7.25. The van der Waals surface area contributed by atoms with Gasteiger partial charge < -0.3 is 25.4 Å². The summed E-state index contributed by atoms with van der Waals surface area (Å²) in [6, 6.07) is 15.5. The molecule has 2 rings (SSSR count). The first-order chi connectivity index (χ1) is 15.0. The topological polar surface area (TPSA) is 84.0 Å². The molecule has 0 saturated carbocycles. The number of carbonyl (C=O) groups is 1. The molecule has 0 radical (unpaired) electrons. The van der Waals surface area contributed by atoms with E-state index in [1.807, 2.05) is 62.4 Å². The van der Waals surface area contributed by atoms with Gasteiger partial charge in [-0.15, -0.1) is 0 Å². The first kappa shape index (κ1) is 24.2. The van der Waals surface area contributed by atoms with Gasteiger partial charge in [-0.3, -0.25) is 9.79 Å². The Kier molecular flexibility index (Phi) is 10.4. The maximum absolute atomic E-state index is 12.2. The monoisotopic (exact) mass is 426 g/mol. The summed E-state index contributed by atoms with van der Waals surface area (Å²) in [7, 11) is 3.41. The maximum atomic E-state index is 12.2. The lowest BCUT2D eigenvalue weighted by Gasteiger charge is -2.14. The number of nitrogens with one attached hydrogen (secondary N) is 3. The number of methoxy groups -OCH3 is 1. The van der Waals surface area contributed by atoms with Crippen LogP contribution in [-0.2, 0) is 11.3 Å². The van der Waals surface area contributed by atoms with Crippen LogP contribution < -0.4 is 20.7 Å². The second-order valence-corrected chi connectivity index (χ2v) is 7.25. The number of amides is 1. The summed E-state index contributed by atoms with van der Waals surface area (Å²) in [6.07, 6.45) is 1.75. The van der Waals surface area contributed by atoms with Crippen molar-refractivity contribution in [1.82, 2.24) is 10.6 Å². The molecular formula is C24H34N4O3. The predicted octanol–water partition coefficient (Wildman–Crippen LogP) is 3.82. The second kappa shape index (κ2) is 13.3. The largest absolute Gasteiger partial charge is 0.493 e. The maximum Gasteiger partial charge on any atom is 0.251 e. The van der Waals surface area contributed by atoms with Crippen molar-refractivity contribution in [2.45, 2.75) is 39.3 Å². The molecule has 0 saturated heterocycles. The third-order valence-electron chi connectivity index (χ3n) is 4.75. The van der Waals surface area contributed by atoms with Gasteiger partial charge in [0.25, 0.3) is 5.91 Å². The van der Waals surface area contributed by atoms with Crippen LogP contribution >= 0.6 is 0 Å². The van der Waals surface area contributed by atoms with E-state index in [1.54, 1.807) is 14.2 Å².